The van der Waals surface area contributed by atoms with Crippen LogP contribution in [0.15, 0.2) is 24.3 Å². The molecule has 196 valence electrons. The Morgan fingerprint density at radius 3 is 2.36 bits per heavy atom. The molecule has 1 aromatic heterocycles. The second-order valence-electron chi connectivity index (χ2n) is 10.00. The maximum Gasteiger partial charge on any atom is 0.405 e. The minimum absolute atomic E-state index is 0.185. The zero-order chi connectivity index (χ0) is 26.6. The van der Waals surface area contributed by atoms with Crippen LogP contribution in [0.5, 0.6) is 0 Å². The number of aromatic nitrogens is 1. The van der Waals surface area contributed by atoms with Gasteiger partial charge in [0.15, 0.2) is 0 Å². The summed E-state index contributed by atoms with van der Waals surface area (Å²) in [5, 5.41) is 21.0. The number of likely N-dealkylation sites (N-methyl/N-ethyl adjacent to an activating group) is 1. The lowest BCUT2D eigenvalue weighted by Gasteiger charge is -2.39. The summed E-state index contributed by atoms with van der Waals surface area (Å²) in [7, 11) is 1.51. The topological polar surface area (TPSA) is 152 Å². The van der Waals surface area contributed by atoms with Crippen molar-refractivity contribution in [2.24, 2.45) is 11.8 Å². The molecule has 1 aromatic carbocycles. The molecule has 0 saturated heterocycles. The van der Waals surface area contributed by atoms with Crippen LogP contribution in [0.2, 0.25) is 0 Å². The highest BCUT2D eigenvalue weighted by Crippen LogP contribution is 2.34. The van der Waals surface area contributed by atoms with Gasteiger partial charge in [-0.3, -0.25) is 14.4 Å². The largest absolute Gasteiger partial charge is 0.465 e. The van der Waals surface area contributed by atoms with Gasteiger partial charge in [-0.05, 0) is 36.3 Å². The minimum atomic E-state index is -1.36. The monoisotopic (exact) mass is 499 g/mol. The van der Waals surface area contributed by atoms with Crippen LogP contribution in [0.25, 0.3) is 10.9 Å². The number of aryl methyl sites for hydroxylation is 1. The molecule has 4 atom stereocenters. The maximum absolute atomic E-state index is 13.9. The van der Waals surface area contributed by atoms with Crippen molar-refractivity contribution in [2.75, 3.05) is 7.05 Å². The van der Waals surface area contributed by atoms with Gasteiger partial charge in [0.25, 0.3) is 0 Å². The molecule has 0 unspecified atom stereocenters. The van der Waals surface area contributed by atoms with Crippen molar-refractivity contribution in [3.05, 3.63) is 35.5 Å². The number of carboxylic acid groups (broad SMARTS) is 1. The van der Waals surface area contributed by atoms with Gasteiger partial charge in [0.05, 0.1) is 0 Å². The summed E-state index contributed by atoms with van der Waals surface area (Å²) in [6.07, 6.45) is 0.267. The summed E-state index contributed by atoms with van der Waals surface area (Å²) in [6, 6.07) is 5.96. The zero-order valence-corrected chi connectivity index (χ0v) is 21.5. The fourth-order valence-corrected chi connectivity index (χ4v) is 4.88. The maximum atomic E-state index is 13.9. The van der Waals surface area contributed by atoms with Crippen LogP contribution in [-0.2, 0) is 27.2 Å². The second-order valence-corrected chi connectivity index (χ2v) is 10.00. The molecule has 0 radical (unpaired) electrons. The van der Waals surface area contributed by atoms with E-state index in [9.17, 15) is 24.3 Å². The molecule has 0 spiro atoms. The fraction of sp³-hybridized carbons (Fsp3) is 0.538. The molecule has 0 aliphatic heterocycles. The predicted molar refractivity (Wildman–Crippen MR) is 136 cm³/mol. The van der Waals surface area contributed by atoms with Gasteiger partial charge in [0.2, 0.25) is 17.7 Å². The molecule has 4 amide bonds. The van der Waals surface area contributed by atoms with Gasteiger partial charge in [-0.1, -0.05) is 52.3 Å². The van der Waals surface area contributed by atoms with E-state index in [0.717, 1.165) is 22.2 Å². The number of amides is 4. The number of aromatic amines is 1. The third kappa shape index (κ3) is 5.47. The van der Waals surface area contributed by atoms with E-state index in [1.54, 1.807) is 6.92 Å². The fourth-order valence-electron chi connectivity index (χ4n) is 4.88. The Morgan fingerprint density at radius 2 is 1.75 bits per heavy atom. The van der Waals surface area contributed by atoms with Crippen LogP contribution in [-0.4, -0.2) is 58.6 Å². The summed E-state index contributed by atoms with van der Waals surface area (Å²) < 4.78 is 0. The molecule has 2 aromatic rings. The molecule has 10 heteroatoms. The normalized spacial score (nSPS) is 19.6. The average molecular weight is 500 g/mol. The van der Waals surface area contributed by atoms with E-state index in [1.165, 1.54) is 7.05 Å². The number of fused-ring (bicyclic) bond motifs is 3. The highest BCUT2D eigenvalue weighted by Gasteiger charge is 2.46. The third-order valence-corrected chi connectivity index (χ3v) is 7.24. The van der Waals surface area contributed by atoms with E-state index in [2.05, 4.69) is 26.3 Å². The Morgan fingerprint density at radius 1 is 1.06 bits per heavy atom. The van der Waals surface area contributed by atoms with E-state index in [4.69, 9.17) is 0 Å². The Hall–Kier alpha value is -3.56. The molecule has 1 aliphatic rings. The summed E-state index contributed by atoms with van der Waals surface area (Å²) in [5.41, 5.74) is 1.52. The molecular weight excluding hydrogens is 462 g/mol. The molecule has 10 nitrogen and oxygen atoms in total. The number of rotatable bonds is 9. The van der Waals surface area contributed by atoms with Crippen molar-refractivity contribution in [3.8, 4) is 0 Å². The first-order valence-electron chi connectivity index (χ1n) is 12.5. The van der Waals surface area contributed by atoms with E-state index in [0.29, 0.717) is 19.3 Å². The predicted octanol–water partition coefficient (Wildman–Crippen LogP) is 2.08. The Balaban J connectivity index is 2.02. The first-order valence-corrected chi connectivity index (χ1v) is 12.5. The smallest absolute Gasteiger partial charge is 0.405 e. The van der Waals surface area contributed by atoms with Crippen molar-refractivity contribution < 1.29 is 24.3 Å². The summed E-state index contributed by atoms with van der Waals surface area (Å²) >= 11 is 0. The molecule has 0 bridgehead atoms. The van der Waals surface area contributed by atoms with Crippen molar-refractivity contribution in [1.82, 2.24) is 26.3 Å². The van der Waals surface area contributed by atoms with Crippen LogP contribution in [0.3, 0.4) is 0 Å². The van der Waals surface area contributed by atoms with Gasteiger partial charge < -0.3 is 31.4 Å². The molecule has 3 rings (SSSR count). The van der Waals surface area contributed by atoms with Gasteiger partial charge in [0, 0.05) is 30.1 Å². The quantitative estimate of drug-likeness (QED) is 0.312. The van der Waals surface area contributed by atoms with Gasteiger partial charge in [0.1, 0.15) is 17.6 Å². The van der Waals surface area contributed by atoms with Crippen molar-refractivity contribution in [2.45, 2.75) is 71.0 Å². The molecule has 0 saturated carbocycles. The number of hydrogen-bond donors (Lipinski definition) is 6. The Labute approximate surface area is 211 Å². The van der Waals surface area contributed by atoms with E-state index >= 15 is 0 Å². The van der Waals surface area contributed by atoms with Gasteiger partial charge in [-0.25, -0.2) is 4.79 Å². The van der Waals surface area contributed by atoms with Gasteiger partial charge >= 0.3 is 6.09 Å². The highest BCUT2D eigenvalue weighted by atomic mass is 16.4. The first kappa shape index (κ1) is 27.0. The number of benzene rings is 1. The first-order chi connectivity index (χ1) is 17.0. The van der Waals surface area contributed by atoms with Crippen LogP contribution in [0.4, 0.5) is 4.79 Å². The molecule has 36 heavy (non-hydrogen) atoms. The molecule has 6 N–H and O–H groups in total. The van der Waals surface area contributed by atoms with Gasteiger partial charge in [-0.2, -0.15) is 0 Å². The Bertz CT molecular complexity index is 1140. The van der Waals surface area contributed by atoms with Crippen molar-refractivity contribution >= 4 is 34.7 Å². The van der Waals surface area contributed by atoms with Crippen molar-refractivity contribution in [3.63, 3.8) is 0 Å². The van der Waals surface area contributed by atoms with Crippen LogP contribution in [0, 0.1) is 11.8 Å². The van der Waals surface area contributed by atoms with E-state index in [-0.39, 0.29) is 24.2 Å². The summed E-state index contributed by atoms with van der Waals surface area (Å²) in [6.45, 7) is 7.32. The lowest BCUT2D eigenvalue weighted by molar-refractivity contribution is -0.138. The number of carbonyl (C=O) groups is 4. The van der Waals surface area contributed by atoms with Crippen LogP contribution < -0.4 is 21.3 Å². The molecule has 1 heterocycles. The number of hydrogen-bond acceptors (Lipinski definition) is 4. The zero-order valence-electron chi connectivity index (χ0n) is 21.5. The second kappa shape index (κ2) is 11.0. The van der Waals surface area contributed by atoms with E-state index < -0.39 is 35.5 Å². The number of para-hydroxylation sites is 1. The van der Waals surface area contributed by atoms with E-state index in [1.807, 2.05) is 45.0 Å². The number of nitrogens with one attached hydrogen (secondary N) is 5. The highest BCUT2D eigenvalue weighted by molar-refractivity contribution is 5.98. The number of carbonyl (C=O) groups excluding carboxylic acids is 3. The van der Waals surface area contributed by atoms with Crippen molar-refractivity contribution in [1.29, 1.82) is 0 Å². The molecular formula is C26H37N5O5. The van der Waals surface area contributed by atoms with Gasteiger partial charge in [-0.15, -0.1) is 0 Å². The molecule has 0 fully saturated rings. The Kier molecular flexibility index (Phi) is 8.27. The summed E-state index contributed by atoms with van der Waals surface area (Å²) in [4.78, 5) is 54.7. The lowest BCUT2D eigenvalue weighted by atomic mass is 9.78. The van der Waals surface area contributed by atoms with Crippen LogP contribution >= 0.6 is 0 Å². The SMILES string of the molecule is CC[C@H](C)[C@H](NC(=O)O)C(=O)N[C@]1(C(=O)N[C@H](C(=O)NC)C(C)C)CCc2[nH]c3ccccc3c2C1. The lowest BCUT2D eigenvalue weighted by Crippen LogP contribution is -2.67. The molecule has 1 aliphatic carbocycles. The average Bonchev–Trinajstić information content (AvgIpc) is 3.22. The standard InChI is InChI=1S/C26H37N5O5/c1-6-15(4)21(30-25(35)36)23(33)31-26(24(34)29-20(14(2)3)22(32)27-5)12-11-19-17(13-26)16-9-7-8-10-18(16)28-19/h7-10,14-15,20-21,28,30H,6,11-13H2,1-5H3,(H,27,32)(H,29,34)(H,31,33)(H,35,36)/t15-,20-,21-,26+/m0/s1. The summed E-state index contributed by atoms with van der Waals surface area (Å²) in [5.74, 6) is -1.83. The number of H-pyrrole nitrogens is 1. The third-order valence-electron chi connectivity index (χ3n) is 7.24. The van der Waals surface area contributed by atoms with Crippen LogP contribution in [0.1, 0.15) is 51.8 Å². The minimum Gasteiger partial charge on any atom is -0.465 e.